The predicted molar refractivity (Wildman–Crippen MR) is 106 cm³/mol. The van der Waals surface area contributed by atoms with Crippen LogP contribution in [0.4, 0.5) is 13.2 Å². The van der Waals surface area contributed by atoms with Gasteiger partial charge in [0.1, 0.15) is 0 Å². The Balaban J connectivity index is 1.53. The highest BCUT2D eigenvalue weighted by atomic mass is 32.2. The largest absolute Gasteiger partial charge is 0.416 e. The fraction of sp³-hybridized carbons (Fsp3) is 0.600. The van der Waals surface area contributed by atoms with Gasteiger partial charge in [-0.25, -0.2) is 8.42 Å². The van der Waals surface area contributed by atoms with Crippen molar-refractivity contribution in [1.82, 2.24) is 14.5 Å². The number of alkyl halides is 3. The Morgan fingerprint density at radius 1 is 1.03 bits per heavy atom. The minimum Gasteiger partial charge on any atom is -0.347 e. The van der Waals surface area contributed by atoms with Crippen LogP contribution in [0.25, 0.3) is 0 Å². The summed E-state index contributed by atoms with van der Waals surface area (Å²) in [6, 6.07) is 3.62. The molecule has 1 saturated heterocycles. The molecule has 0 radical (unpaired) electrons. The number of amides is 2. The summed E-state index contributed by atoms with van der Waals surface area (Å²) in [4.78, 5) is 25.6. The fourth-order valence-corrected chi connectivity index (χ4v) is 5.41. The van der Waals surface area contributed by atoms with Gasteiger partial charge in [-0.05, 0) is 31.0 Å². The molecule has 1 heterocycles. The Labute approximate surface area is 179 Å². The molecule has 1 aliphatic carbocycles. The van der Waals surface area contributed by atoms with Gasteiger partial charge in [-0.2, -0.15) is 17.5 Å². The van der Waals surface area contributed by atoms with Crippen molar-refractivity contribution in [2.24, 2.45) is 5.92 Å². The number of piperazine rings is 1. The summed E-state index contributed by atoms with van der Waals surface area (Å²) >= 11 is 0. The number of carbonyl (C=O) groups excluding carboxylic acids is 2. The maximum atomic E-state index is 12.9. The van der Waals surface area contributed by atoms with E-state index in [0.29, 0.717) is 6.07 Å². The molecular formula is C20H26F3N3O4S. The van der Waals surface area contributed by atoms with Gasteiger partial charge < -0.3 is 10.2 Å². The quantitative estimate of drug-likeness (QED) is 0.729. The monoisotopic (exact) mass is 461 g/mol. The van der Waals surface area contributed by atoms with Crippen molar-refractivity contribution in [3.05, 3.63) is 29.8 Å². The molecule has 0 unspecified atom stereocenters. The van der Waals surface area contributed by atoms with Crippen molar-refractivity contribution >= 4 is 21.8 Å². The highest BCUT2D eigenvalue weighted by Gasteiger charge is 2.34. The molecule has 0 aromatic heterocycles. The standard InChI is InChI=1S/C20H26F3N3O4S/c21-20(22,23)16-7-4-8-17(13-16)31(29,30)26-11-9-25(10-12-26)18(27)14-24-19(28)15-5-2-1-3-6-15/h4,7-8,13,15H,1-3,5-6,9-12,14H2,(H,24,28). The van der Waals surface area contributed by atoms with Crippen LogP contribution < -0.4 is 5.32 Å². The lowest BCUT2D eigenvalue weighted by Crippen LogP contribution is -2.52. The van der Waals surface area contributed by atoms with Gasteiger partial charge in [-0.1, -0.05) is 25.3 Å². The minimum atomic E-state index is -4.64. The molecule has 1 saturated carbocycles. The van der Waals surface area contributed by atoms with Crippen LogP contribution in [0.1, 0.15) is 37.7 Å². The van der Waals surface area contributed by atoms with Crippen molar-refractivity contribution < 1.29 is 31.2 Å². The number of rotatable bonds is 5. The average Bonchev–Trinajstić information content (AvgIpc) is 2.77. The molecule has 2 fully saturated rings. The first-order chi connectivity index (χ1) is 14.6. The van der Waals surface area contributed by atoms with Crippen molar-refractivity contribution in [1.29, 1.82) is 0 Å². The van der Waals surface area contributed by atoms with Crippen molar-refractivity contribution in [2.75, 3.05) is 32.7 Å². The second kappa shape index (κ2) is 9.56. The third-order valence-electron chi connectivity index (χ3n) is 5.78. The molecule has 3 rings (SSSR count). The van der Waals surface area contributed by atoms with Gasteiger partial charge in [0.15, 0.2) is 0 Å². The van der Waals surface area contributed by atoms with Crippen LogP contribution in [0.15, 0.2) is 29.2 Å². The first kappa shape index (κ1) is 23.5. The zero-order chi connectivity index (χ0) is 22.6. The molecule has 31 heavy (non-hydrogen) atoms. The average molecular weight is 462 g/mol. The SMILES string of the molecule is O=C(NCC(=O)N1CCN(S(=O)(=O)c2cccc(C(F)(F)F)c2)CC1)C1CCCCC1. The van der Waals surface area contributed by atoms with Crippen LogP contribution in [0.2, 0.25) is 0 Å². The van der Waals surface area contributed by atoms with Crippen LogP contribution in [-0.4, -0.2) is 62.2 Å². The second-order valence-corrected chi connectivity index (χ2v) is 9.80. The fourth-order valence-electron chi connectivity index (χ4n) is 3.94. The normalized spacial score (nSPS) is 19.3. The maximum absolute atomic E-state index is 12.9. The predicted octanol–water partition coefficient (Wildman–Crippen LogP) is 2.23. The summed E-state index contributed by atoms with van der Waals surface area (Å²) in [5.74, 6) is -0.491. The Hall–Kier alpha value is -2.14. The Kier molecular flexibility index (Phi) is 7.25. The molecule has 0 atom stereocenters. The van der Waals surface area contributed by atoms with E-state index in [1.807, 2.05) is 0 Å². The summed E-state index contributed by atoms with van der Waals surface area (Å²) in [5.41, 5.74) is -1.03. The first-order valence-electron chi connectivity index (χ1n) is 10.3. The Morgan fingerprint density at radius 2 is 1.68 bits per heavy atom. The molecule has 1 aliphatic heterocycles. The highest BCUT2D eigenvalue weighted by Crippen LogP contribution is 2.31. The van der Waals surface area contributed by atoms with E-state index in [4.69, 9.17) is 0 Å². The molecule has 2 aliphatic rings. The van der Waals surface area contributed by atoms with Crippen LogP contribution in [0.3, 0.4) is 0 Å². The summed E-state index contributed by atoms with van der Waals surface area (Å²) in [6.45, 7) is 0.0180. The van der Waals surface area contributed by atoms with Gasteiger partial charge in [-0.3, -0.25) is 9.59 Å². The number of sulfonamides is 1. The lowest BCUT2D eigenvalue weighted by Gasteiger charge is -2.34. The third kappa shape index (κ3) is 5.76. The summed E-state index contributed by atoms with van der Waals surface area (Å²) in [5, 5.41) is 2.67. The minimum absolute atomic E-state index is 0.0269. The van der Waals surface area contributed by atoms with Gasteiger partial charge in [0, 0.05) is 32.1 Å². The molecule has 11 heteroatoms. The van der Waals surface area contributed by atoms with E-state index in [9.17, 15) is 31.2 Å². The number of benzene rings is 1. The lowest BCUT2D eigenvalue weighted by atomic mass is 9.89. The van der Waals surface area contributed by atoms with Crippen molar-refractivity contribution in [3.8, 4) is 0 Å². The number of carbonyl (C=O) groups is 2. The first-order valence-corrected chi connectivity index (χ1v) is 11.8. The van der Waals surface area contributed by atoms with Gasteiger partial charge in [-0.15, -0.1) is 0 Å². The number of nitrogens with one attached hydrogen (secondary N) is 1. The van der Waals surface area contributed by atoms with E-state index < -0.39 is 26.7 Å². The molecule has 0 bridgehead atoms. The second-order valence-electron chi connectivity index (χ2n) is 7.86. The summed E-state index contributed by atoms with van der Waals surface area (Å²) < 4.78 is 65.3. The zero-order valence-corrected chi connectivity index (χ0v) is 17.8. The molecule has 2 amide bonds. The van der Waals surface area contributed by atoms with Gasteiger partial charge in [0.25, 0.3) is 0 Å². The van der Waals surface area contributed by atoms with Crippen LogP contribution in [-0.2, 0) is 25.8 Å². The third-order valence-corrected chi connectivity index (χ3v) is 7.67. The molecular weight excluding hydrogens is 435 g/mol. The number of hydrogen-bond acceptors (Lipinski definition) is 4. The smallest absolute Gasteiger partial charge is 0.347 e. The van der Waals surface area contributed by atoms with Gasteiger partial charge in [0.05, 0.1) is 17.0 Å². The van der Waals surface area contributed by atoms with Crippen LogP contribution >= 0.6 is 0 Å². The number of halogens is 3. The lowest BCUT2D eigenvalue weighted by molar-refractivity contribution is -0.137. The van der Waals surface area contributed by atoms with E-state index in [-0.39, 0.29) is 50.5 Å². The maximum Gasteiger partial charge on any atom is 0.416 e. The molecule has 7 nitrogen and oxygen atoms in total. The van der Waals surface area contributed by atoms with E-state index in [2.05, 4.69) is 5.32 Å². The van der Waals surface area contributed by atoms with E-state index in [1.165, 1.54) is 4.90 Å². The topological polar surface area (TPSA) is 86.8 Å². The molecule has 0 spiro atoms. The van der Waals surface area contributed by atoms with Crippen LogP contribution in [0, 0.1) is 5.92 Å². The number of nitrogens with zero attached hydrogens (tertiary/aromatic N) is 2. The summed E-state index contributed by atoms with van der Waals surface area (Å²) in [7, 11) is -4.11. The van der Waals surface area contributed by atoms with Crippen molar-refractivity contribution in [2.45, 2.75) is 43.2 Å². The van der Waals surface area contributed by atoms with Crippen molar-refractivity contribution in [3.63, 3.8) is 0 Å². The zero-order valence-electron chi connectivity index (χ0n) is 17.0. The highest BCUT2D eigenvalue weighted by molar-refractivity contribution is 7.89. The van der Waals surface area contributed by atoms with Crippen LogP contribution in [0.5, 0.6) is 0 Å². The van der Waals surface area contributed by atoms with Gasteiger partial charge in [0.2, 0.25) is 21.8 Å². The molecule has 1 aromatic rings. The van der Waals surface area contributed by atoms with E-state index >= 15 is 0 Å². The Morgan fingerprint density at radius 3 is 2.29 bits per heavy atom. The molecule has 1 aromatic carbocycles. The van der Waals surface area contributed by atoms with Gasteiger partial charge >= 0.3 is 6.18 Å². The summed E-state index contributed by atoms with van der Waals surface area (Å²) in [6.07, 6.45) is 0.149. The van der Waals surface area contributed by atoms with E-state index in [0.717, 1.165) is 54.6 Å². The number of hydrogen-bond donors (Lipinski definition) is 1. The Bertz CT molecular complexity index is 906. The molecule has 172 valence electrons. The van der Waals surface area contributed by atoms with E-state index in [1.54, 1.807) is 0 Å². The molecule has 1 N–H and O–H groups in total.